The molecule has 0 bridgehead atoms. The molecular weight excluding hydrogens is 314 g/mol. The lowest BCUT2D eigenvalue weighted by Crippen LogP contribution is -2.36. The van der Waals surface area contributed by atoms with Crippen molar-refractivity contribution in [2.45, 2.75) is 32.4 Å². The average Bonchev–Trinajstić information content (AvgIpc) is 2.89. The molecule has 3 rings (SSSR count). The molecule has 1 heterocycles. The van der Waals surface area contributed by atoms with E-state index in [1.165, 1.54) is 0 Å². The number of alkyl carbamates (subject to hydrolysis) is 1. The van der Waals surface area contributed by atoms with Crippen LogP contribution >= 0.6 is 0 Å². The topological polar surface area (TPSA) is 56.2 Å². The van der Waals surface area contributed by atoms with Crippen molar-refractivity contribution in [2.75, 3.05) is 0 Å². The maximum absolute atomic E-state index is 12.4. The molecule has 0 aliphatic heterocycles. The van der Waals surface area contributed by atoms with E-state index in [0.29, 0.717) is 0 Å². The van der Waals surface area contributed by atoms with Crippen molar-refractivity contribution in [3.63, 3.8) is 0 Å². The minimum absolute atomic E-state index is 0.395. The fourth-order valence-corrected chi connectivity index (χ4v) is 2.79. The first-order valence-corrected chi connectivity index (χ1v) is 8.31. The number of para-hydroxylation sites is 2. The van der Waals surface area contributed by atoms with Gasteiger partial charge < -0.3 is 14.6 Å². The van der Waals surface area contributed by atoms with Crippen LogP contribution in [0.25, 0.3) is 11.0 Å². The molecule has 5 nitrogen and oxygen atoms in total. The van der Waals surface area contributed by atoms with Crippen LogP contribution in [0.3, 0.4) is 0 Å². The van der Waals surface area contributed by atoms with Crippen LogP contribution < -0.4 is 5.32 Å². The molecule has 0 saturated carbocycles. The van der Waals surface area contributed by atoms with Gasteiger partial charge in [0.25, 0.3) is 0 Å². The summed E-state index contributed by atoms with van der Waals surface area (Å²) < 4.78 is 7.44. The van der Waals surface area contributed by atoms with Crippen LogP contribution in [0.1, 0.15) is 38.2 Å². The fourth-order valence-electron chi connectivity index (χ4n) is 2.79. The molecule has 3 aromatic rings. The molecule has 1 aromatic heterocycles. The third-order valence-corrected chi connectivity index (χ3v) is 3.87. The smallest absolute Gasteiger partial charge is 0.408 e. The number of hydrogen-bond donors (Lipinski definition) is 1. The fraction of sp³-hybridized carbons (Fsp3) is 0.300. The van der Waals surface area contributed by atoms with Gasteiger partial charge in [-0.05, 0) is 38.5 Å². The van der Waals surface area contributed by atoms with Crippen LogP contribution in [0.15, 0.2) is 54.6 Å². The molecule has 2 aromatic carbocycles. The second kappa shape index (κ2) is 6.59. The first-order valence-electron chi connectivity index (χ1n) is 8.31. The van der Waals surface area contributed by atoms with Gasteiger partial charge in [0.05, 0.1) is 11.0 Å². The highest BCUT2D eigenvalue weighted by atomic mass is 16.6. The van der Waals surface area contributed by atoms with E-state index in [-0.39, 0.29) is 0 Å². The number of aryl methyl sites for hydroxylation is 1. The molecule has 0 aliphatic rings. The van der Waals surface area contributed by atoms with Gasteiger partial charge in [-0.25, -0.2) is 9.78 Å². The first kappa shape index (κ1) is 17.0. The SMILES string of the molecule is Cn1c([C@@H](NC(=O)OC(C)(C)C)c2ccccc2)nc2ccccc21. The average molecular weight is 337 g/mol. The molecular formula is C20H23N3O2. The van der Waals surface area contributed by atoms with Crippen molar-refractivity contribution in [3.8, 4) is 0 Å². The number of benzene rings is 2. The summed E-state index contributed by atoms with van der Waals surface area (Å²) in [6.07, 6.45) is -0.464. The molecule has 5 heteroatoms. The Morgan fingerprint density at radius 3 is 2.36 bits per heavy atom. The summed E-state index contributed by atoms with van der Waals surface area (Å²) in [6, 6.07) is 17.3. The molecule has 0 fully saturated rings. The zero-order chi connectivity index (χ0) is 18.0. The van der Waals surface area contributed by atoms with Gasteiger partial charge in [0, 0.05) is 7.05 Å². The van der Waals surface area contributed by atoms with Crippen LogP contribution in [0.4, 0.5) is 4.79 Å². The molecule has 0 aliphatic carbocycles. The van der Waals surface area contributed by atoms with Crippen LogP contribution in [0, 0.1) is 0 Å². The van der Waals surface area contributed by atoms with E-state index < -0.39 is 17.7 Å². The van der Waals surface area contributed by atoms with E-state index >= 15 is 0 Å². The monoisotopic (exact) mass is 337 g/mol. The van der Waals surface area contributed by atoms with Gasteiger partial charge >= 0.3 is 6.09 Å². The number of fused-ring (bicyclic) bond motifs is 1. The number of carbonyl (C=O) groups is 1. The Balaban J connectivity index is 2.02. The maximum Gasteiger partial charge on any atom is 0.408 e. The number of hydrogen-bond acceptors (Lipinski definition) is 3. The number of nitrogens with zero attached hydrogens (tertiary/aromatic N) is 2. The third-order valence-electron chi connectivity index (χ3n) is 3.87. The largest absolute Gasteiger partial charge is 0.444 e. The molecule has 1 amide bonds. The Morgan fingerprint density at radius 1 is 1.08 bits per heavy atom. The number of rotatable bonds is 3. The van der Waals surface area contributed by atoms with Crippen molar-refractivity contribution in [1.29, 1.82) is 0 Å². The summed E-state index contributed by atoms with van der Waals surface area (Å²) in [5.41, 5.74) is 2.31. The zero-order valence-corrected chi connectivity index (χ0v) is 15.0. The molecule has 0 radical (unpaired) electrons. The van der Waals surface area contributed by atoms with Gasteiger partial charge in [0.1, 0.15) is 17.5 Å². The second-order valence-electron chi connectivity index (χ2n) is 7.01. The van der Waals surface area contributed by atoms with Gasteiger partial charge in [-0.15, -0.1) is 0 Å². The minimum Gasteiger partial charge on any atom is -0.444 e. The maximum atomic E-state index is 12.4. The van der Waals surface area contributed by atoms with E-state index in [1.54, 1.807) is 0 Å². The summed E-state index contributed by atoms with van der Waals surface area (Å²) in [5, 5.41) is 2.96. The molecule has 0 spiro atoms. The van der Waals surface area contributed by atoms with Gasteiger partial charge in [0.15, 0.2) is 0 Å². The predicted molar refractivity (Wildman–Crippen MR) is 98.4 cm³/mol. The minimum atomic E-state index is -0.558. The van der Waals surface area contributed by atoms with Crippen molar-refractivity contribution in [3.05, 3.63) is 66.0 Å². The molecule has 1 N–H and O–H groups in total. The zero-order valence-electron chi connectivity index (χ0n) is 15.0. The molecule has 1 atom stereocenters. The summed E-state index contributed by atoms with van der Waals surface area (Å²) in [6.45, 7) is 5.54. The van der Waals surface area contributed by atoms with Crippen molar-refractivity contribution >= 4 is 17.1 Å². The number of nitrogens with one attached hydrogen (secondary N) is 1. The lowest BCUT2D eigenvalue weighted by Gasteiger charge is -2.23. The quantitative estimate of drug-likeness (QED) is 0.780. The van der Waals surface area contributed by atoms with E-state index in [2.05, 4.69) is 5.32 Å². The van der Waals surface area contributed by atoms with E-state index in [9.17, 15) is 4.79 Å². The second-order valence-corrected chi connectivity index (χ2v) is 7.01. The molecule has 130 valence electrons. The standard InChI is InChI=1S/C20H23N3O2/c1-20(2,3)25-19(24)22-17(14-10-6-5-7-11-14)18-21-15-12-8-9-13-16(15)23(18)4/h5-13,17H,1-4H3,(H,22,24)/t17-/m0/s1. The molecule has 0 saturated heterocycles. The highest BCUT2D eigenvalue weighted by molar-refractivity contribution is 5.76. The summed E-state index contributed by atoms with van der Waals surface area (Å²) in [5.74, 6) is 0.762. The number of aromatic nitrogens is 2. The first-order chi connectivity index (χ1) is 11.8. The summed E-state index contributed by atoms with van der Waals surface area (Å²) >= 11 is 0. The summed E-state index contributed by atoms with van der Waals surface area (Å²) in [7, 11) is 1.96. The Labute approximate surface area is 147 Å². The van der Waals surface area contributed by atoms with E-state index in [0.717, 1.165) is 22.4 Å². The molecule has 0 unspecified atom stereocenters. The van der Waals surface area contributed by atoms with Gasteiger partial charge in [-0.1, -0.05) is 42.5 Å². The molecule has 25 heavy (non-hydrogen) atoms. The lowest BCUT2D eigenvalue weighted by atomic mass is 10.1. The van der Waals surface area contributed by atoms with Crippen molar-refractivity contribution in [1.82, 2.24) is 14.9 Å². The van der Waals surface area contributed by atoms with E-state index in [4.69, 9.17) is 9.72 Å². The Morgan fingerprint density at radius 2 is 1.72 bits per heavy atom. The predicted octanol–water partition coefficient (Wildman–Crippen LogP) is 4.19. The highest BCUT2D eigenvalue weighted by Crippen LogP contribution is 2.25. The Kier molecular flexibility index (Phi) is 4.49. The van der Waals surface area contributed by atoms with Crippen LogP contribution in [-0.4, -0.2) is 21.2 Å². The number of carbonyl (C=O) groups excluding carboxylic acids is 1. The van der Waals surface area contributed by atoms with Crippen LogP contribution in [0.5, 0.6) is 0 Å². The van der Waals surface area contributed by atoms with Gasteiger partial charge in [-0.3, -0.25) is 0 Å². The van der Waals surface area contributed by atoms with Crippen LogP contribution in [0.2, 0.25) is 0 Å². The number of ether oxygens (including phenoxy) is 1. The highest BCUT2D eigenvalue weighted by Gasteiger charge is 2.25. The van der Waals surface area contributed by atoms with Crippen molar-refractivity contribution in [2.24, 2.45) is 7.05 Å². The van der Waals surface area contributed by atoms with Crippen LogP contribution in [-0.2, 0) is 11.8 Å². The van der Waals surface area contributed by atoms with E-state index in [1.807, 2.05) is 87.0 Å². The number of amides is 1. The summed E-state index contributed by atoms with van der Waals surface area (Å²) in [4.78, 5) is 17.1. The normalized spacial score (nSPS) is 12.8. The van der Waals surface area contributed by atoms with Gasteiger partial charge in [-0.2, -0.15) is 0 Å². The number of imidazole rings is 1. The Bertz CT molecular complexity index is 879. The van der Waals surface area contributed by atoms with Gasteiger partial charge in [0.2, 0.25) is 0 Å². The third kappa shape index (κ3) is 3.82. The Hall–Kier alpha value is -2.82. The van der Waals surface area contributed by atoms with Crippen molar-refractivity contribution < 1.29 is 9.53 Å². The lowest BCUT2D eigenvalue weighted by molar-refractivity contribution is 0.0510.